The largest absolute Gasteiger partial charge is 0.291 e. The highest BCUT2D eigenvalue weighted by molar-refractivity contribution is 9.10. The second-order valence-corrected chi connectivity index (χ2v) is 5.97. The van der Waals surface area contributed by atoms with E-state index in [1.54, 1.807) is 11.3 Å². The van der Waals surface area contributed by atoms with Crippen molar-refractivity contribution in [1.82, 2.24) is 14.5 Å². The average molecular weight is 335 g/mol. The summed E-state index contributed by atoms with van der Waals surface area (Å²) in [4.78, 5) is 21.3. The Bertz CT molecular complexity index is 603. The lowest BCUT2D eigenvalue weighted by molar-refractivity contribution is 0.725. The number of hydrogen-bond acceptors (Lipinski definition) is 4. The molecule has 2 aromatic rings. The van der Waals surface area contributed by atoms with Crippen LogP contribution in [0.15, 0.2) is 15.6 Å². The van der Waals surface area contributed by atoms with Crippen molar-refractivity contribution >= 4 is 38.9 Å². The van der Waals surface area contributed by atoms with Crippen LogP contribution in [-0.2, 0) is 6.54 Å². The summed E-state index contributed by atoms with van der Waals surface area (Å²) in [6, 6.07) is 0. The first-order chi connectivity index (χ1) is 7.99. The third kappa shape index (κ3) is 2.59. The fourth-order valence-corrected chi connectivity index (χ4v) is 2.70. The van der Waals surface area contributed by atoms with Crippen molar-refractivity contribution in [2.45, 2.75) is 20.4 Å². The van der Waals surface area contributed by atoms with Crippen molar-refractivity contribution in [1.29, 1.82) is 0 Å². The van der Waals surface area contributed by atoms with Gasteiger partial charge in [-0.15, -0.1) is 11.3 Å². The highest BCUT2D eigenvalue weighted by atomic mass is 79.9. The number of aryl methyl sites for hydroxylation is 2. The average Bonchev–Trinajstić information content (AvgIpc) is 2.59. The Morgan fingerprint density at radius 1 is 1.53 bits per heavy atom. The van der Waals surface area contributed by atoms with Crippen LogP contribution in [0, 0.1) is 13.8 Å². The van der Waals surface area contributed by atoms with E-state index in [0.29, 0.717) is 6.54 Å². The maximum absolute atomic E-state index is 11.9. The molecule has 0 spiro atoms. The molecule has 0 N–H and O–H groups in total. The highest BCUT2D eigenvalue weighted by Crippen LogP contribution is 2.18. The zero-order chi connectivity index (χ0) is 12.6. The maximum atomic E-state index is 11.9. The Kier molecular flexibility index (Phi) is 3.65. The molecule has 0 saturated heterocycles. The van der Waals surface area contributed by atoms with Gasteiger partial charge in [-0.05, 0) is 29.8 Å². The van der Waals surface area contributed by atoms with Crippen LogP contribution < -0.4 is 5.56 Å². The quantitative estimate of drug-likeness (QED) is 0.794. The lowest BCUT2D eigenvalue weighted by atomic mass is 10.4. The van der Waals surface area contributed by atoms with E-state index in [4.69, 9.17) is 11.6 Å². The third-order valence-corrected chi connectivity index (χ3v) is 4.61. The van der Waals surface area contributed by atoms with Crippen molar-refractivity contribution in [3.8, 4) is 0 Å². The topological polar surface area (TPSA) is 47.8 Å². The smallest absolute Gasteiger partial charge is 0.269 e. The summed E-state index contributed by atoms with van der Waals surface area (Å²) in [5.74, 6) is 0. The summed E-state index contributed by atoms with van der Waals surface area (Å²) in [6.07, 6.45) is 1.43. The van der Waals surface area contributed by atoms with Gasteiger partial charge in [0.15, 0.2) is 5.15 Å². The van der Waals surface area contributed by atoms with Gasteiger partial charge in [-0.3, -0.25) is 9.36 Å². The van der Waals surface area contributed by atoms with Crippen molar-refractivity contribution < 1.29 is 0 Å². The SMILES string of the molecule is Cc1nc(Cn2cnc(Cl)c(Br)c2=O)sc1C. The van der Waals surface area contributed by atoms with Crippen LogP contribution in [0.3, 0.4) is 0 Å². The minimum absolute atomic E-state index is 0.178. The lowest BCUT2D eigenvalue weighted by Gasteiger charge is -2.03. The van der Waals surface area contributed by atoms with Gasteiger partial charge in [0.05, 0.1) is 18.6 Å². The highest BCUT2D eigenvalue weighted by Gasteiger charge is 2.09. The van der Waals surface area contributed by atoms with Crippen LogP contribution in [0.5, 0.6) is 0 Å². The van der Waals surface area contributed by atoms with Crippen LogP contribution in [0.1, 0.15) is 15.6 Å². The predicted molar refractivity (Wildman–Crippen MR) is 71.9 cm³/mol. The maximum Gasteiger partial charge on any atom is 0.269 e. The summed E-state index contributed by atoms with van der Waals surface area (Å²) in [7, 11) is 0. The van der Waals surface area contributed by atoms with E-state index in [2.05, 4.69) is 25.9 Å². The van der Waals surface area contributed by atoms with E-state index in [0.717, 1.165) is 15.6 Å². The van der Waals surface area contributed by atoms with Gasteiger partial charge in [0.2, 0.25) is 0 Å². The standard InChI is InChI=1S/C10H9BrClN3OS/c1-5-6(2)17-7(14-5)3-15-4-13-9(12)8(11)10(15)16/h4H,3H2,1-2H3. The molecule has 2 rings (SSSR count). The van der Waals surface area contributed by atoms with Crippen LogP contribution >= 0.6 is 38.9 Å². The molecule has 0 aliphatic carbocycles. The Labute approximate surface area is 115 Å². The molecule has 0 aliphatic heterocycles. The monoisotopic (exact) mass is 333 g/mol. The number of halogens is 2. The fourth-order valence-electron chi connectivity index (χ4n) is 1.31. The number of hydrogen-bond donors (Lipinski definition) is 0. The van der Waals surface area contributed by atoms with Gasteiger partial charge in [-0.25, -0.2) is 9.97 Å². The number of aromatic nitrogens is 3. The molecule has 0 atom stereocenters. The Morgan fingerprint density at radius 3 is 2.82 bits per heavy atom. The first kappa shape index (κ1) is 12.7. The van der Waals surface area contributed by atoms with Gasteiger partial charge in [0, 0.05) is 4.88 Å². The first-order valence-corrected chi connectivity index (χ1v) is 6.81. The zero-order valence-corrected chi connectivity index (χ0v) is 12.4. The molecule has 0 aromatic carbocycles. The molecular weight excluding hydrogens is 326 g/mol. The van der Waals surface area contributed by atoms with E-state index < -0.39 is 0 Å². The molecule has 0 saturated carbocycles. The second-order valence-electron chi connectivity index (χ2n) is 3.53. The lowest BCUT2D eigenvalue weighted by Crippen LogP contribution is -2.21. The molecule has 0 bridgehead atoms. The molecular formula is C10H9BrClN3OS. The Hall–Kier alpha value is -0.720. The number of thiazole rings is 1. The summed E-state index contributed by atoms with van der Waals surface area (Å²) in [5, 5.41) is 1.07. The number of rotatable bonds is 2. The van der Waals surface area contributed by atoms with Crippen molar-refractivity contribution in [2.75, 3.05) is 0 Å². The van der Waals surface area contributed by atoms with E-state index in [9.17, 15) is 4.79 Å². The van der Waals surface area contributed by atoms with Crippen molar-refractivity contribution in [3.05, 3.63) is 41.9 Å². The van der Waals surface area contributed by atoms with Gasteiger partial charge >= 0.3 is 0 Å². The van der Waals surface area contributed by atoms with E-state index in [-0.39, 0.29) is 15.2 Å². The van der Waals surface area contributed by atoms with Gasteiger partial charge < -0.3 is 0 Å². The van der Waals surface area contributed by atoms with Gasteiger partial charge in [0.1, 0.15) is 9.48 Å². The minimum atomic E-state index is -0.199. The summed E-state index contributed by atoms with van der Waals surface area (Å²) in [6.45, 7) is 4.38. The molecule has 0 aliphatic rings. The molecule has 0 radical (unpaired) electrons. The Morgan fingerprint density at radius 2 is 2.24 bits per heavy atom. The minimum Gasteiger partial charge on any atom is -0.291 e. The van der Waals surface area contributed by atoms with Crippen LogP contribution in [0.4, 0.5) is 0 Å². The van der Waals surface area contributed by atoms with Gasteiger partial charge in [-0.1, -0.05) is 11.6 Å². The van der Waals surface area contributed by atoms with Crippen LogP contribution in [0.2, 0.25) is 5.15 Å². The molecule has 7 heteroatoms. The fraction of sp³-hybridized carbons (Fsp3) is 0.300. The second kappa shape index (κ2) is 4.88. The first-order valence-electron chi connectivity index (χ1n) is 4.82. The molecule has 17 heavy (non-hydrogen) atoms. The Balaban J connectivity index is 2.37. The van der Waals surface area contributed by atoms with Crippen molar-refractivity contribution in [3.63, 3.8) is 0 Å². The molecule has 2 heterocycles. The molecule has 0 amide bonds. The van der Waals surface area contributed by atoms with Gasteiger partial charge in [0.25, 0.3) is 5.56 Å². The van der Waals surface area contributed by atoms with E-state index >= 15 is 0 Å². The van der Waals surface area contributed by atoms with Crippen LogP contribution in [-0.4, -0.2) is 14.5 Å². The predicted octanol–water partition coefficient (Wildman–Crippen LogP) is 2.78. The molecule has 2 aromatic heterocycles. The van der Waals surface area contributed by atoms with Crippen LogP contribution in [0.25, 0.3) is 0 Å². The molecule has 0 fully saturated rings. The van der Waals surface area contributed by atoms with Crippen molar-refractivity contribution in [2.24, 2.45) is 0 Å². The van der Waals surface area contributed by atoms with E-state index in [1.807, 2.05) is 13.8 Å². The molecule has 90 valence electrons. The molecule has 0 unspecified atom stereocenters. The normalized spacial score (nSPS) is 10.8. The number of nitrogens with zero attached hydrogens (tertiary/aromatic N) is 3. The summed E-state index contributed by atoms with van der Waals surface area (Å²) in [5.41, 5.74) is 0.801. The summed E-state index contributed by atoms with van der Waals surface area (Å²) >= 11 is 10.4. The van der Waals surface area contributed by atoms with E-state index in [1.165, 1.54) is 10.9 Å². The molecule has 4 nitrogen and oxygen atoms in total. The van der Waals surface area contributed by atoms with Gasteiger partial charge in [-0.2, -0.15) is 0 Å². The summed E-state index contributed by atoms with van der Waals surface area (Å²) < 4.78 is 1.76. The third-order valence-electron chi connectivity index (χ3n) is 2.32. The zero-order valence-electron chi connectivity index (χ0n) is 9.20.